The summed E-state index contributed by atoms with van der Waals surface area (Å²) in [4.78, 5) is 4.01. The largest absolute Gasteiger partial charge is 0.497 e. The third kappa shape index (κ3) is 2.82. The molecule has 0 spiro atoms. The lowest BCUT2D eigenvalue weighted by Crippen LogP contribution is -2.14. The average Bonchev–Trinajstić information content (AvgIpc) is 2.46. The van der Waals surface area contributed by atoms with E-state index in [-0.39, 0.29) is 0 Å². The zero-order valence-corrected chi connectivity index (χ0v) is 10.8. The fourth-order valence-electron chi connectivity index (χ4n) is 1.78. The molecule has 0 amide bonds. The van der Waals surface area contributed by atoms with Crippen LogP contribution in [0, 0.1) is 5.82 Å². The first kappa shape index (κ1) is 13.3. The second kappa shape index (κ2) is 5.67. The highest BCUT2D eigenvalue weighted by Crippen LogP contribution is 2.26. The van der Waals surface area contributed by atoms with Crippen molar-refractivity contribution in [3.05, 3.63) is 53.6 Å². The Bertz CT molecular complexity index is 575. The van der Waals surface area contributed by atoms with Crippen molar-refractivity contribution in [1.82, 2.24) is 4.98 Å². The second-order valence-electron chi connectivity index (χ2n) is 4.02. The van der Waals surface area contributed by atoms with Crippen LogP contribution in [0.5, 0.6) is 11.5 Å². The maximum Gasteiger partial charge on any atom is 0.137 e. The van der Waals surface area contributed by atoms with Crippen molar-refractivity contribution in [2.45, 2.75) is 6.04 Å². The highest BCUT2D eigenvalue weighted by atomic mass is 19.1. The van der Waals surface area contributed by atoms with E-state index in [4.69, 9.17) is 15.2 Å². The monoisotopic (exact) mass is 262 g/mol. The van der Waals surface area contributed by atoms with Gasteiger partial charge in [-0.05, 0) is 17.7 Å². The van der Waals surface area contributed by atoms with E-state index in [1.54, 1.807) is 37.7 Å². The summed E-state index contributed by atoms with van der Waals surface area (Å²) < 4.78 is 24.0. The minimum Gasteiger partial charge on any atom is -0.497 e. The number of rotatable bonds is 4. The molecule has 19 heavy (non-hydrogen) atoms. The summed E-state index contributed by atoms with van der Waals surface area (Å²) in [6.45, 7) is 0. The normalized spacial score (nSPS) is 12.0. The number of aromatic nitrogens is 1. The van der Waals surface area contributed by atoms with Crippen LogP contribution in [0.15, 0.2) is 36.7 Å². The molecule has 0 saturated heterocycles. The molecule has 0 bridgehead atoms. The SMILES string of the molecule is COc1cncc(C(N)c2ccc(OC)cc2F)c1. The van der Waals surface area contributed by atoms with Crippen molar-refractivity contribution in [3.63, 3.8) is 0 Å². The quantitative estimate of drug-likeness (QED) is 0.918. The molecule has 2 rings (SSSR count). The molecule has 1 unspecified atom stereocenters. The molecule has 0 aliphatic carbocycles. The maximum absolute atomic E-state index is 13.9. The van der Waals surface area contributed by atoms with Crippen LogP contribution >= 0.6 is 0 Å². The molecule has 1 aromatic carbocycles. The van der Waals surface area contributed by atoms with Crippen LogP contribution in [0.1, 0.15) is 17.2 Å². The molecule has 0 aliphatic rings. The molecule has 5 heteroatoms. The lowest BCUT2D eigenvalue weighted by Gasteiger charge is -2.14. The van der Waals surface area contributed by atoms with Gasteiger partial charge in [0.15, 0.2) is 0 Å². The number of nitrogens with two attached hydrogens (primary N) is 1. The maximum atomic E-state index is 13.9. The van der Waals surface area contributed by atoms with E-state index in [1.807, 2.05) is 0 Å². The first-order valence-electron chi connectivity index (χ1n) is 5.73. The molecule has 2 N–H and O–H groups in total. The van der Waals surface area contributed by atoms with E-state index in [9.17, 15) is 4.39 Å². The van der Waals surface area contributed by atoms with Gasteiger partial charge in [0.1, 0.15) is 17.3 Å². The van der Waals surface area contributed by atoms with Crippen LogP contribution < -0.4 is 15.2 Å². The molecule has 4 nitrogen and oxygen atoms in total. The molecule has 1 aromatic heterocycles. The first-order chi connectivity index (χ1) is 9.15. The Labute approximate surface area is 111 Å². The topological polar surface area (TPSA) is 57.4 Å². The van der Waals surface area contributed by atoms with Gasteiger partial charge in [0.25, 0.3) is 0 Å². The Hall–Kier alpha value is -2.14. The summed E-state index contributed by atoms with van der Waals surface area (Å²) in [6, 6.07) is 5.72. The highest BCUT2D eigenvalue weighted by molar-refractivity contribution is 5.37. The number of benzene rings is 1. The van der Waals surface area contributed by atoms with E-state index in [2.05, 4.69) is 4.98 Å². The Morgan fingerprint density at radius 1 is 1.11 bits per heavy atom. The van der Waals surface area contributed by atoms with Gasteiger partial charge in [0.05, 0.1) is 26.5 Å². The Morgan fingerprint density at radius 3 is 2.47 bits per heavy atom. The van der Waals surface area contributed by atoms with E-state index in [0.29, 0.717) is 22.6 Å². The minimum atomic E-state index is -0.603. The van der Waals surface area contributed by atoms with Gasteiger partial charge in [0.2, 0.25) is 0 Å². The predicted molar refractivity (Wildman–Crippen MR) is 69.8 cm³/mol. The van der Waals surface area contributed by atoms with Crippen molar-refractivity contribution in [3.8, 4) is 11.5 Å². The molecular formula is C14H15FN2O2. The Morgan fingerprint density at radius 2 is 1.84 bits per heavy atom. The molecule has 0 aliphatic heterocycles. The van der Waals surface area contributed by atoms with Crippen molar-refractivity contribution in [2.75, 3.05) is 14.2 Å². The van der Waals surface area contributed by atoms with Crippen LogP contribution in [0.4, 0.5) is 4.39 Å². The zero-order chi connectivity index (χ0) is 13.8. The van der Waals surface area contributed by atoms with Gasteiger partial charge in [-0.1, -0.05) is 6.07 Å². The lowest BCUT2D eigenvalue weighted by atomic mass is 10.0. The zero-order valence-electron chi connectivity index (χ0n) is 10.8. The summed E-state index contributed by atoms with van der Waals surface area (Å²) in [5.74, 6) is 0.633. The molecule has 0 saturated carbocycles. The number of hydrogen-bond donors (Lipinski definition) is 1. The number of nitrogens with zero attached hydrogens (tertiary/aromatic N) is 1. The van der Waals surface area contributed by atoms with Crippen LogP contribution in [-0.2, 0) is 0 Å². The molecule has 0 fully saturated rings. The molecule has 0 radical (unpaired) electrons. The number of ether oxygens (including phenoxy) is 2. The van der Waals surface area contributed by atoms with Gasteiger partial charge in [-0.25, -0.2) is 4.39 Å². The number of halogens is 1. The molecule has 1 atom stereocenters. The van der Waals surface area contributed by atoms with Crippen LogP contribution in [0.25, 0.3) is 0 Å². The van der Waals surface area contributed by atoms with Crippen LogP contribution in [-0.4, -0.2) is 19.2 Å². The summed E-state index contributed by atoms with van der Waals surface area (Å²) >= 11 is 0. The molecule has 1 heterocycles. The number of hydrogen-bond acceptors (Lipinski definition) is 4. The van der Waals surface area contributed by atoms with Gasteiger partial charge in [-0.2, -0.15) is 0 Å². The van der Waals surface area contributed by atoms with Crippen LogP contribution in [0.3, 0.4) is 0 Å². The fourth-order valence-corrected chi connectivity index (χ4v) is 1.78. The van der Waals surface area contributed by atoms with Crippen molar-refractivity contribution in [1.29, 1.82) is 0 Å². The van der Waals surface area contributed by atoms with E-state index >= 15 is 0 Å². The van der Waals surface area contributed by atoms with Crippen molar-refractivity contribution in [2.24, 2.45) is 5.73 Å². The summed E-state index contributed by atoms with van der Waals surface area (Å²) in [6.07, 6.45) is 3.16. The van der Waals surface area contributed by atoms with Gasteiger partial charge in [-0.3, -0.25) is 4.98 Å². The number of methoxy groups -OCH3 is 2. The van der Waals surface area contributed by atoms with Crippen LogP contribution in [0.2, 0.25) is 0 Å². The van der Waals surface area contributed by atoms with E-state index in [0.717, 1.165) is 0 Å². The third-order valence-corrected chi connectivity index (χ3v) is 2.87. The Kier molecular flexibility index (Phi) is 3.97. The summed E-state index contributed by atoms with van der Waals surface area (Å²) in [5, 5.41) is 0. The third-order valence-electron chi connectivity index (χ3n) is 2.87. The fraction of sp³-hybridized carbons (Fsp3) is 0.214. The standard InChI is InChI=1S/C14H15FN2O2/c1-18-10-3-4-12(13(15)6-10)14(16)9-5-11(19-2)8-17-7-9/h3-8,14H,16H2,1-2H3. The molecule has 100 valence electrons. The predicted octanol–water partition coefficient (Wildman–Crippen LogP) is 2.29. The van der Waals surface area contributed by atoms with Crippen molar-refractivity contribution >= 4 is 0 Å². The number of pyridine rings is 1. The van der Waals surface area contributed by atoms with Gasteiger partial charge in [0, 0.05) is 17.8 Å². The average molecular weight is 262 g/mol. The molecular weight excluding hydrogens is 247 g/mol. The lowest BCUT2D eigenvalue weighted by molar-refractivity contribution is 0.410. The first-order valence-corrected chi connectivity index (χ1v) is 5.73. The van der Waals surface area contributed by atoms with Gasteiger partial charge < -0.3 is 15.2 Å². The minimum absolute atomic E-state index is 0.385. The summed E-state index contributed by atoms with van der Waals surface area (Å²) in [7, 11) is 3.03. The summed E-state index contributed by atoms with van der Waals surface area (Å²) in [5.41, 5.74) is 7.12. The van der Waals surface area contributed by atoms with E-state index < -0.39 is 11.9 Å². The van der Waals surface area contributed by atoms with Crippen molar-refractivity contribution < 1.29 is 13.9 Å². The second-order valence-corrected chi connectivity index (χ2v) is 4.02. The highest BCUT2D eigenvalue weighted by Gasteiger charge is 2.15. The van der Waals surface area contributed by atoms with Gasteiger partial charge in [-0.15, -0.1) is 0 Å². The Balaban J connectivity index is 2.35. The molecule has 2 aromatic rings. The smallest absolute Gasteiger partial charge is 0.137 e. The van der Waals surface area contributed by atoms with Gasteiger partial charge >= 0.3 is 0 Å². The van der Waals surface area contributed by atoms with E-state index in [1.165, 1.54) is 13.2 Å².